The number of nitrogens with two attached hydrogens (primary N) is 1. The van der Waals surface area contributed by atoms with Crippen LogP contribution in [0.25, 0.3) is 0 Å². The summed E-state index contributed by atoms with van der Waals surface area (Å²) in [6.45, 7) is 13.0. The SMILES string of the molecule is CC(CN1CCOCC1)Nc1cc(N)nc(C(C)(C)C)n1. The summed E-state index contributed by atoms with van der Waals surface area (Å²) in [5.74, 6) is 2.08. The second-order valence-corrected chi connectivity index (χ2v) is 6.71. The quantitative estimate of drug-likeness (QED) is 0.876. The van der Waals surface area contributed by atoms with Crippen molar-refractivity contribution in [3.63, 3.8) is 0 Å². The molecule has 1 aromatic heterocycles. The van der Waals surface area contributed by atoms with E-state index in [-0.39, 0.29) is 5.41 Å². The molecule has 3 N–H and O–H groups in total. The van der Waals surface area contributed by atoms with E-state index in [0.717, 1.165) is 44.5 Å². The maximum atomic E-state index is 5.90. The van der Waals surface area contributed by atoms with Crippen LogP contribution in [0.4, 0.5) is 11.6 Å². The summed E-state index contributed by atoms with van der Waals surface area (Å²) in [4.78, 5) is 11.3. The van der Waals surface area contributed by atoms with Crippen LogP contribution < -0.4 is 11.1 Å². The van der Waals surface area contributed by atoms with Gasteiger partial charge >= 0.3 is 0 Å². The Kier molecular flexibility index (Phi) is 5.00. The first kappa shape index (κ1) is 16.0. The molecule has 0 aliphatic carbocycles. The van der Waals surface area contributed by atoms with E-state index in [4.69, 9.17) is 10.5 Å². The predicted molar refractivity (Wildman–Crippen MR) is 85.5 cm³/mol. The monoisotopic (exact) mass is 293 g/mol. The maximum absolute atomic E-state index is 5.90. The largest absolute Gasteiger partial charge is 0.384 e. The summed E-state index contributed by atoms with van der Waals surface area (Å²) in [6, 6.07) is 2.09. The van der Waals surface area contributed by atoms with Crippen molar-refractivity contribution in [1.29, 1.82) is 0 Å². The number of rotatable bonds is 4. The second kappa shape index (κ2) is 6.58. The minimum Gasteiger partial charge on any atom is -0.384 e. The highest BCUT2D eigenvalue weighted by Gasteiger charge is 2.19. The lowest BCUT2D eigenvalue weighted by Gasteiger charge is -2.29. The lowest BCUT2D eigenvalue weighted by Crippen LogP contribution is -2.42. The standard InChI is InChI=1S/C15H27N5O/c1-11(10-20-5-7-21-8-6-20)17-13-9-12(16)18-14(19-13)15(2,3)4/h9,11H,5-8,10H2,1-4H3,(H3,16,17,18,19). The molecule has 6 heteroatoms. The van der Waals surface area contributed by atoms with Crippen molar-refractivity contribution in [1.82, 2.24) is 14.9 Å². The van der Waals surface area contributed by atoms with Gasteiger partial charge in [0.25, 0.3) is 0 Å². The van der Waals surface area contributed by atoms with Gasteiger partial charge in [0.1, 0.15) is 17.5 Å². The van der Waals surface area contributed by atoms with E-state index >= 15 is 0 Å². The minimum atomic E-state index is -0.112. The molecular formula is C15H27N5O. The lowest BCUT2D eigenvalue weighted by atomic mass is 9.96. The highest BCUT2D eigenvalue weighted by atomic mass is 16.5. The smallest absolute Gasteiger partial charge is 0.138 e. The van der Waals surface area contributed by atoms with Crippen LogP contribution in [-0.4, -0.2) is 53.8 Å². The third-order valence-electron chi connectivity index (χ3n) is 3.45. The molecule has 6 nitrogen and oxygen atoms in total. The van der Waals surface area contributed by atoms with Crippen molar-refractivity contribution in [2.75, 3.05) is 43.9 Å². The molecule has 1 fully saturated rings. The van der Waals surface area contributed by atoms with E-state index in [1.165, 1.54) is 0 Å². The molecule has 1 aromatic rings. The van der Waals surface area contributed by atoms with Gasteiger partial charge in [-0.05, 0) is 6.92 Å². The number of hydrogen-bond acceptors (Lipinski definition) is 6. The molecule has 0 radical (unpaired) electrons. The molecule has 0 spiro atoms. The summed E-state index contributed by atoms with van der Waals surface area (Å²) in [5, 5.41) is 3.43. The van der Waals surface area contributed by atoms with Crippen LogP contribution in [-0.2, 0) is 10.2 Å². The van der Waals surface area contributed by atoms with Crippen LogP contribution in [0.15, 0.2) is 6.07 Å². The molecule has 1 saturated heterocycles. The molecule has 1 unspecified atom stereocenters. The Hall–Kier alpha value is -1.40. The third-order valence-corrected chi connectivity index (χ3v) is 3.45. The molecule has 0 aromatic carbocycles. The average Bonchev–Trinajstić information content (AvgIpc) is 2.37. The molecule has 1 atom stereocenters. The molecule has 118 valence electrons. The summed E-state index contributed by atoms with van der Waals surface area (Å²) in [5.41, 5.74) is 5.79. The second-order valence-electron chi connectivity index (χ2n) is 6.71. The first-order chi connectivity index (χ1) is 9.84. The lowest BCUT2D eigenvalue weighted by molar-refractivity contribution is 0.0368. The molecule has 0 saturated carbocycles. The highest BCUT2D eigenvalue weighted by molar-refractivity contribution is 5.45. The van der Waals surface area contributed by atoms with Gasteiger partial charge in [-0.3, -0.25) is 4.90 Å². The highest BCUT2D eigenvalue weighted by Crippen LogP contribution is 2.21. The zero-order valence-electron chi connectivity index (χ0n) is 13.5. The Bertz CT molecular complexity index is 466. The van der Waals surface area contributed by atoms with E-state index in [9.17, 15) is 0 Å². The number of morpholine rings is 1. The summed E-state index contributed by atoms with van der Waals surface area (Å²) in [7, 11) is 0. The van der Waals surface area contributed by atoms with Gasteiger partial charge in [-0.1, -0.05) is 20.8 Å². The Morgan fingerprint density at radius 2 is 2.00 bits per heavy atom. The minimum absolute atomic E-state index is 0.112. The zero-order chi connectivity index (χ0) is 15.5. The van der Waals surface area contributed by atoms with Gasteiger partial charge in [-0.25, -0.2) is 9.97 Å². The summed E-state index contributed by atoms with van der Waals surface area (Å²) < 4.78 is 5.37. The molecule has 0 bridgehead atoms. The van der Waals surface area contributed by atoms with Gasteiger partial charge in [-0.2, -0.15) is 0 Å². The van der Waals surface area contributed by atoms with Crippen LogP contribution in [0.1, 0.15) is 33.5 Å². The molecule has 2 heterocycles. The van der Waals surface area contributed by atoms with Crippen LogP contribution in [0.5, 0.6) is 0 Å². The number of hydrogen-bond donors (Lipinski definition) is 2. The molecule has 2 rings (SSSR count). The maximum Gasteiger partial charge on any atom is 0.138 e. The Balaban J connectivity index is 1.99. The van der Waals surface area contributed by atoms with Crippen molar-refractivity contribution in [2.45, 2.75) is 39.2 Å². The van der Waals surface area contributed by atoms with Gasteiger partial charge in [0.2, 0.25) is 0 Å². The number of nitrogen functional groups attached to an aromatic ring is 1. The molecule has 1 aliphatic rings. The van der Waals surface area contributed by atoms with Crippen molar-refractivity contribution in [3.8, 4) is 0 Å². The van der Waals surface area contributed by atoms with Crippen LogP contribution in [0.3, 0.4) is 0 Å². The van der Waals surface area contributed by atoms with Gasteiger partial charge < -0.3 is 15.8 Å². The molecular weight excluding hydrogens is 266 g/mol. The Morgan fingerprint density at radius 1 is 1.33 bits per heavy atom. The summed E-state index contributed by atoms with van der Waals surface area (Å²) >= 11 is 0. The predicted octanol–water partition coefficient (Wildman–Crippen LogP) is 1.49. The fourth-order valence-electron chi connectivity index (χ4n) is 2.34. The molecule has 0 amide bonds. The van der Waals surface area contributed by atoms with E-state index in [1.54, 1.807) is 6.07 Å². The molecule has 21 heavy (non-hydrogen) atoms. The van der Waals surface area contributed by atoms with Crippen molar-refractivity contribution < 1.29 is 4.74 Å². The van der Waals surface area contributed by atoms with E-state index in [1.807, 2.05) is 0 Å². The van der Waals surface area contributed by atoms with Gasteiger partial charge in [0.05, 0.1) is 13.2 Å². The van der Waals surface area contributed by atoms with E-state index in [0.29, 0.717) is 11.9 Å². The van der Waals surface area contributed by atoms with Gasteiger partial charge in [0.15, 0.2) is 0 Å². The Morgan fingerprint density at radius 3 is 2.62 bits per heavy atom. The first-order valence-corrected chi connectivity index (χ1v) is 7.56. The number of ether oxygens (including phenoxy) is 1. The van der Waals surface area contributed by atoms with Crippen molar-refractivity contribution in [2.24, 2.45) is 0 Å². The van der Waals surface area contributed by atoms with Crippen LogP contribution in [0.2, 0.25) is 0 Å². The number of anilines is 2. The summed E-state index contributed by atoms with van der Waals surface area (Å²) in [6.07, 6.45) is 0. The average molecular weight is 293 g/mol. The third kappa shape index (κ3) is 4.82. The number of nitrogens with zero attached hydrogens (tertiary/aromatic N) is 3. The van der Waals surface area contributed by atoms with Gasteiger partial charge in [0, 0.05) is 37.2 Å². The zero-order valence-corrected chi connectivity index (χ0v) is 13.5. The first-order valence-electron chi connectivity index (χ1n) is 7.56. The van der Waals surface area contributed by atoms with Crippen LogP contribution in [0, 0.1) is 0 Å². The fraction of sp³-hybridized carbons (Fsp3) is 0.733. The van der Waals surface area contributed by atoms with Gasteiger partial charge in [-0.15, -0.1) is 0 Å². The topological polar surface area (TPSA) is 76.3 Å². The van der Waals surface area contributed by atoms with Crippen LogP contribution >= 0.6 is 0 Å². The fourth-order valence-corrected chi connectivity index (χ4v) is 2.34. The normalized spacial score (nSPS) is 18.5. The van der Waals surface area contributed by atoms with E-state index in [2.05, 4.69) is 47.9 Å². The van der Waals surface area contributed by atoms with Crippen molar-refractivity contribution in [3.05, 3.63) is 11.9 Å². The van der Waals surface area contributed by atoms with Crippen molar-refractivity contribution >= 4 is 11.6 Å². The Labute approximate surface area is 127 Å². The molecule has 1 aliphatic heterocycles. The number of nitrogens with one attached hydrogen (secondary N) is 1. The number of aromatic nitrogens is 2. The van der Waals surface area contributed by atoms with E-state index < -0.39 is 0 Å².